The van der Waals surface area contributed by atoms with Gasteiger partial charge in [0.05, 0.1) is 0 Å². The van der Waals surface area contributed by atoms with Crippen LogP contribution in [0.25, 0.3) is 0 Å². The molecule has 0 spiro atoms. The van der Waals surface area contributed by atoms with Crippen LogP contribution in [0.15, 0.2) is 0 Å². The highest BCUT2D eigenvalue weighted by atomic mass is 32.1. The monoisotopic (exact) mass is 164 g/mol. The van der Waals surface area contributed by atoms with Crippen LogP contribution < -0.4 is 0 Å². The van der Waals surface area contributed by atoms with Crippen LogP contribution in [0.3, 0.4) is 0 Å². The fourth-order valence-electron chi connectivity index (χ4n) is 0.916. The van der Waals surface area contributed by atoms with Gasteiger partial charge in [-0.2, -0.15) is 0 Å². The van der Waals surface area contributed by atoms with Crippen LogP contribution in [0, 0.1) is 0 Å². The Labute approximate surface area is 68.6 Å². The molecule has 0 heterocycles. The molecule has 2 heteroatoms. The lowest BCUT2D eigenvalue weighted by Crippen LogP contribution is -1.87. The maximum atomic E-state index is 12.1. The van der Waals surface area contributed by atoms with Crippen molar-refractivity contribution in [2.75, 3.05) is 0 Å². The molecular weight excluding hydrogens is 147 g/mol. The van der Waals surface area contributed by atoms with E-state index in [4.69, 9.17) is 0 Å². The number of alkyl halides is 1. The van der Waals surface area contributed by atoms with Gasteiger partial charge in [-0.05, 0) is 12.8 Å². The van der Waals surface area contributed by atoms with E-state index in [1.807, 2.05) is 0 Å². The first-order chi connectivity index (χ1) is 4.77. The van der Waals surface area contributed by atoms with Crippen LogP contribution in [0.4, 0.5) is 4.39 Å². The highest BCUT2D eigenvalue weighted by Gasteiger charge is 1.96. The summed E-state index contributed by atoms with van der Waals surface area (Å²) in [5.41, 5.74) is -0.901. The summed E-state index contributed by atoms with van der Waals surface area (Å²) in [4.78, 5) is 0. The van der Waals surface area contributed by atoms with E-state index < -0.39 is 5.50 Å². The van der Waals surface area contributed by atoms with E-state index >= 15 is 0 Å². The summed E-state index contributed by atoms with van der Waals surface area (Å²) < 4.78 is 12.1. The van der Waals surface area contributed by atoms with E-state index in [2.05, 4.69) is 19.6 Å². The SMILES string of the molecule is CCCCCCCC(F)S. The van der Waals surface area contributed by atoms with E-state index in [9.17, 15) is 4.39 Å². The van der Waals surface area contributed by atoms with Crippen molar-refractivity contribution >= 4 is 12.6 Å². The molecule has 0 aromatic heterocycles. The first-order valence-electron chi connectivity index (χ1n) is 4.09. The predicted molar refractivity (Wildman–Crippen MR) is 47.3 cm³/mol. The molecule has 0 amide bonds. The topological polar surface area (TPSA) is 0 Å². The smallest absolute Gasteiger partial charge is 0.143 e. The minimum Gasteiger partial charge on any atom is -0.236 e. The number of unbranched alkanes of at least 4 members (excludes halogenated alkanes) is 4. The number of hydrogen-bond donors (Lipinski definition) is 1. The molecule has 0 radical (unpaired) electrons. The van der Waals surface area contributed by atoms with Crippen LogP contribution >= 0.6 is 12.6 Å². The summed E-state index contributed by atoms with van der Waals surface area (Å²) in [7, 11) is 0. The van der Waals surface area contributed by atoms with Crippen LogP contribution in [-0.4, -0.2) is 5.50 Å². The standard InChI is InChI=1S/C8H17FS/c1-2-3-4-5-6-7-8(9)10/h8,10H,2-7H2,1H3. The zero-order chi connectivity index (χ0) is 7.82. The fourth-order valence-corrected chi connectivity index (χ4v) is 1.10. The number of hydrogen-bond acceptors (Lipinski definition) is 1. The van der Waals surface area contributed by atoms with Gasteiger partial charge in [0.15, 0.2) is 0 Å². The zero-order valence-electron chi connectivity index (χ0n) is 6.65. The van der Waals surface area contributed by atoms with Gasteiger partial charge in [-0.1, -0.05) is 32.6 Å². The Balaban J connectivity index is 2.77. The van der Waals surface area contributed by atoms with E-state index in [1.54, 1.807) is 0 Å². The van der Waals surface area contributed by atoms with Gasteiger partial charge in [0.1, 0.15) is 5.50 Å². The first kappa shape index (κ1) is 10.3. The second-order valence-electron chi connectivity index (χ2n) is 2.64. The lowest BCUT2D eigenvalue weighted by atomic mass is 10.1. The molecule has 1 atom stereocenters. The van der Waals surface area contributed by atoms with Gasteiger partial charge < -0.3 is 0 Å². The molecule has 0 aliphatic heterocycles. The van der Waals surface area contributed by atoms with Crippen LogP contribution in [0.2, 0.25) is 0 Å². The minimum atomic E-state index is -0.901. The van der Waals surface area contributed by atoms with E-state index in [-0.39, 0.29) is 0 Å². The summed E-state index contributed by atoms with van der Waals surface area (Å²) in [6.07, 6.45) is 6.55. The van der Waals surface area contributed by atoms with Gasteiger partial charge in [-0.3, -0.25) is 0 Å². The van der Waals surface area contributed by atoms with Crippen molar-refractivity contribution in [3.05, 3.63) is 0 Å². The predicted octanol–water partition coefficient (Wildman–Crippen LogP) is 3.57. The number of halogens is 1. The highest BCUT2D eigenvalue weighted by molar-refractivity contribution is 7.80. The lowest BCUT2D eigenvalue weighted by molar-refractivity contribution is 0.415. The molecule has 0 fully saturated rings. The lowest BCUT2D eigenvalue weighted by Gasteiger charge is -1.99. The van der Waals surface area contributed by atoms with Crippen molar-refractivity contribution in [1.29, 1.82) is 0 Å². The van der Waals surface area contributed by atoms with Crippen molar-refractivity contribution in [3.63, 3.8) is 0 Å². The Morgan fingerprint density at radius 2 is 1.80 bits per heavy atom. The van der Waals surface area contributed by atoms with Crippen molar-refractivity contribution < 1.29 is 4.39 Å². The minimum absolute atomic E-state index is 0.618. The summed E-state index contributed by atoms with van der Waals surface area (Å²) >= 11 is 3.66. The van der Waals surface area contributed by atoms with Crippen molar-refractivity contribution in [2.45, 2.75) is 51.0 Å². The third kappa shape index (κ3) is 8.28. The largest absolute Gasteiger partial charge is 0.236 e. The van der Waals surface area contributed by atoms with Crippen molar-refractivity contribution in [3.8, 4) is 0 Å². The molecule has 1 unspecified atom stereocenters. The Morgan fingerprint density at radius 1 is 1.20 bits per heavy atom. The number of thiol groups is 1. The fraction of sp³-hybridized carbons (Fsp3) is 1.00. The highest BCUT2D eigenvalue weighted by Crippen LogP contribution is 2.10. The molecule has 0 N–H and O–H groups in total. The zero-order valence-corrected chi connectivity index (χ0v) is 7.54. The normalized spacial score (nSPS) is 13.5. The summed E-state index contributed by atoms with van der Waals surface area (Å²) in [6, 6.07) is 0. The molecular formula is C8H17FS. The third-order valence-electron chi connectivity index (χ3n) is 1.55. The average Bonchev–Trinajstić information content (AvgIpc) is 1.87. The second kappa shape index (κ2) is 7.39. The molecule has 0 aliphatic carbocycles. The molecule has 10 heavy (non-hydrogen) atoms. The molecule has 0 nitrogen and oxygen atoms in total. The molecule has 0 saturated heterocycles. The van der Waals surface area contributed by atoms with Gasteiger partial charge in [0.25, 0.3) is 0 Å². The average molecular weight is 164 g/mol. The summed E-state index contributed by atoms with van der Waals surface area (Å²) in [5.74, 6) is 0. The first-order valence-corrected chi connectivity index (χ1v) is 4.61. The van der Waals surface area contributed by atoms with Gasteiger partial charge in [-0.25, -0.2) is 4.39 Å². The van der Waals surface area contributed by atoms with Gasteiger partial charge in [-0.15, -0.1) is 12.6 Å². The molecule has 0 aromatic rings. The molecule has 0 aliphatic rings. The van der Waals surface area contributed by atoms with Crippen LogP contribution in [-0.2, 0) is 0 Å². The maximum absolute atomic E-state index is 12.1. The van der Waals surface area contributed by atoms with Gasteiger partial charge in [0.2, 0.25) is 0 Å². The van der Waals surface area contributed by atoms with Gasteiger partial charge in [0, 0.05) is 0 Å². The van der Waals surface area contributed by atoms with Crippen LogP contribution in [0.1, 0.15) is 45.4 Å². The van der Waals surface area contributed by atoms with E-state index in [0.717, 1.165) is 12.8 Å². The molecule has 0 bridgehead atoms. The molecule has 0 aromatic carbocycles. The summed E-state index contributed by atoms with van der Waals surface area (Å²) in [5, 5.41) is 0. The Morgan fingerprint density at radius 3 is 2.30 bits per heavy atom. The van der Waals surface area contributed by atoms with Crippen molar-refractivity contribution in [1.82, 2.24) is 0 Å². The van der Waals surface area contributed by atoms with Crippen molar-refractivity contribution in [2.24, 2.45) is 0 Å². The Bertz CT molecular complexity index is 64.3. The van der Waals surface area contributed by atoms with Gasteiger partial charge >= 0.3 is 0 Å². The summed E-state index contributed by atoms with van der Waals surface area (Å²) in [6.45, 7) is 2.18. The molecule has 62 valence electrons. The Kier molecular flexibility index (Phi) is 7.59. The van der Waals surface area contributed by atoms with E-state index in [0.29, 0.717) is 6.42 Å². The van der Waals surface area contributed by atoms with Crippen LogP contribution in [0.5, 0.6) is 0 Å². The quantitative estimate of drug-likeness (QED) is 0.450. The molecule has 0 saturated carbocycles. The molecule has 0 rings (SSSR count). The third-order valence-corrected chi connectivity index (χ3v) is 1.80. The second-order valence-corrected chi connectivity index (χ2v) is 3.20. The maximum Gasteiger partial charge on any atom is 0.143 e. The Hall–Kier alpha value is 0.280. The number of rotatable bonds is 6. The van der Waals surface area contributed by atoms with E-state index in [1.165, 1.54) is 19.3 Å².